The van der Waals surface area contributed by atoms with Crippen LogP contribution in [0, 0.1) is 0 Å². The minimum absolute atomic E-state index is 0.564. The van der Waals surface area contributed by atoms with E-state index in [2.05, 4.69) is 9.97 Å². The van der Waals surface area contributed by atoms with Gasteiger partial charge in [0.2, 0.25) is 0 Å². The van der Waals surface area contributed by atoms with Crippen LogP contribution < -0.4 is 0 Å². The molecule has 0 bridgehead atoms. The molecule has 5 heteroatoms. The first-order chi connectivity index (χ1) is 6.36. The van der Waals surface area contributed by atoms with Crippen molar-refractivity contribution in [1.82, 2.24) is 14.4 Å². The van der Waals surface area contributed by atoms with E-state index in [4.69, 9.17) is 0 Å². The molecule has 3 rings (SSSR count). The molecular weight excluding hydrogens is 186 g/mol. The first-order valence-electron chi connectivity index (χ1n) is 3.78. The largest absolute Gasteiger partial charge is 0.588 e. The van der Waals surface area contributed by atoms with Gasteiger partial charge in [-0.05, 0) is 22.9 Å². The lowest BCUT2D eigenvalue weighted by atomic mass is 10.4. The lowest BCUT2D eigenvalue weighted by molar-refractivity contribution is 0.599. The first-order valence-corrected chi connectivity index (χ1v) is 4.99. The number of thiazole rings is 1. The van der Waals surface area contributed by atoms with Crippen LogP contribution in [0.4, 0.5) is 0 Å². The van der Waals surface area contributed by atoms with Gasteiger partial charge in [0, 0.05) is 6.20 Å². The molecule has 1 atom stereocenters. The third-order valence-corrected chi connectivity index (χ3v) is 2.95. The Morgan fingerprint density at radius 3 is 3.31 bits per heavy atom. The zero-order valence-electron chi connectivity index (χ0n) is 6.54. The summed E-state index contributed by atoms with van der Waals surface area (Å²) >= 11 is 0. The summed E-state index contributed by atoms with van der Waals surface area (Å²) in [4.78, 5) is 8.94. The maximum absolute atomic E-state index is 11.3. The van der Waals surface area contributed by atoms with Gasteiger partial charge in [-0.25, -0.2) is 9.38 Å². The van der Waals surface area contributed by atoms with Crippen LogP contribution in [0.15, 0.2) is 29.9 Å². The molecule has 0 spiro atoms. The van der Waals surface area contributed by atoms with Crippen molar-refractivity contribution in [3.8, 4) is 0 Å². The predicted octanol–water partition coefficient (Wildman–Crippen LogP) is 1.61. The fraction of sp³-hybridized carbons (Fsp3) is 0. The van der Waals surface area contributed by atoms with Gasteiger partial charge < -0.3 is 4.55 Å². The number of hydrogen-bond donors (Lipinski definition) is 0. The van der Waals surface area contributed by atoms with Gasteiger partial charge in [0.05, 0.1) is 6.20 Å². The highest BCUT2D eigenvalue weighted by Gasteiger charge is 2.11. The van der Waals surface area contributed by atoms with Gasteiger partial charge in [-0.1, -0.05) is 0 Å². The van der Waals surface area contributed by atoms with Gasteiger partial charge in [-0.2, -0.15) is 4.98 Å². The van der Waals surface area contributed by atoms with E-state index in [-0.39, 0.29) is 0 Å². The average Bonchev–Trinajstić information content (AvgIpc) is 2.67. The lowest BCUT2D eigenvalue weighted by Crippen LogP contribution is -1.79. The van der Waals surface area contributed by atoms with E-state index in [0.29, 0.717) is 4.96 Å². The molecule has 1 unspecified atom stereocenters. The Hall–Kier alpha value is -1.46. The Kier molecular flexibility index (Phi) is 1.22. The van der Waals surface area contributed by atoms with Crippen LogP contribution in [0.3, 0.4) is 0 Å². The lowest BCUT2D eigenvalue weighted by Gasteiger charge is -1.83. The van der Waals surface area contributed by atoms with Crippen molar-refractivity contribution in [2.75, 3.05) is 0 Å². The summed E-state index contributed by atoms with van der Waals surface area (Å²) in [6.07, 6.45) is 3.44. The number of hydrogen-bond acceptors (Lipinski definition) is 3. The monoisotopic (exact) mass is 191 g/mol. The van der Waals surface area contributed by atoms with E-state index in [1.54, 1.807) is 22.2 Å². The molecule has 0 fully saturated rings. The topological polar surface area (TPSA) is 53.2 Å². The molecule has 0 aliphatic rings. The van der Waals surface area contributed by atoms with Crippen molar-refractivity contribution in [2.24, 2.45) is 0 Å². The van der Waals surface area contributed by atoms with E-state index >= 15 is 0 Å². The number of aromatic nitrogens is 3. The van der Waals surface area contributed by atoms with Crippen molar-refractivity contribution in [3.63, 3.8) is 0 Å². The minimum atomic E-state index is -1.10. The summed E-state index contributed by atoms with van der Waals surface area (Å²) in [5.74, 6) is 0. The predicted molar refractivity (Wildman–Crippen MR) is 49.1 cm³/mol. The average molecular weight is 191 g/mol. The Labute approximate surface area is 76.3 Å². The molecule has 3 aromatic rings. The standard InChI is InChI=1S/C8H5N3OS/c12-13-5-4-11-7-6(10-8(11)13)2-1-3-9-7/h1-5H. The van der Waals surface area contributed by atoms with Gasteiger partial charge in [0.1, 0.15) is 5.52 Å². The highest BCUT2D eigenvalue weighted by Crippen LogP contribution is 2.24. The van der Waals surface area contributed by atoms with Crippen LogP contribution in [0.5, 0.6) is 0 Å². The molecular formula is C8H5N3OS. The number of nitrogens with zero attached hydrogens (tertiary/aromatic N) is 3. The molecule has 0 aliphatic carbocycles. The van der Waals surface area contributed by atoms with Crippen LogP contribution in [0.2, 0.25) is 0 Å². The molecule has 0 saturated carbocycles. The summed E-state index contributed by atoms with van der Waals surface area (Å²) in [5, 5.41) is 1.61. The Morgan fingerprint density at radius 1 is 1.46 bits per heavy atom. The quantitative estimate of drug-likeness (QED) is 0.507. The molecule has 0 saturated heterocycles. The molecule has 0 aromatic carbocycles. The molecule has 0 aliphatic heterocycles. The number of imidazole rings is 1. The second-order valence-electron chi connectivity index (χ2n) is 2.69. The van der Waals surface area contributed by atoms with E-state index in [1.807, 2.05) is 12.1 Å². The summed E-state index contributed by atoms with van der Waals surface area (Å²) in [5.41, 5.74) is 1.55. The molecule has 0 radical (unpaired) electrons. The van der Waals surface area contributed by atoms with Crippen LogP contribution in [-0.2, 0) is 0 Å². The fourth-order valence-corrected chi connectivity index (χ4v) is 2.25. The second kappa shape index (κ2) is 2.27. The van der Waals surface area contributed by atoms with Gasteiger partial charge in [-0.15, -0.1) is 0 Å². The van der Waals surface area contributed by atoms with Crippen molar-refractivity contribution >= 4 is 26.9 Å². The maximum Gasteiger partial charge on any atom is 0.352 e. The van der Waals surface area contributed by atoms with Crippen molar-refractivity contribution in [2.45, 2.75) is 0 Å². The number of fused-ring (bicyclic) bond motifs is 3. The third-order valence-electron chi connectivity index (χ3n) is 1.93. The Balaban J connectivity index is 2.64. The number of pyridine rings is 1. The minimum Gasteiger partial charge on any atom is -0.588 e. The van der Waals surface area contributed by atoms with Gasteiger partial charge in [-0.3, -0.25) is 0 Å². The molecule has 0 N–H and O–H groups in total. The van der Waals surface area contributed by atoms with Gasteiger partial charge in [0.25, 0.3) is 0 Å². The van der Waals surface area contributed by atoms with E-state index in [9.17, 15) is 4.55 Å². The summed E-state index contributed by atoms with van der Waals surface area (Å²) in [6.45, 7) is 0. The van der Waals surface area contributed by atoms with Gasteiger partial charge in [0.15, 0.2) is 11.0 Å². The van der Waals surface area contributed by atoms with Crippen LogP contribution in [0.25, 0.3) is 16.1 Å². The van der Waals surface area contributed by atoms with Crippen LogP contribution >= 0.6 is 10.8 Å². The summed E-state index contributed by atoms with van der Waals surface area (Å²) in [7, 11) is -1.10. The second-order valence-corrected chi connectivity index (χ2v) is 3.93. The molecule has 4 nitrogen and oxygen atoms in total. The highest BCUT2D eigenvalue weighted by molar-refractivity contribution is 7.28. The van der Waals surface area contributed by atoms with Crippen molar-refractivity contribution in [3.05, 3.63) is 29.9 Å². The smallest absolute Gasteiger partial charge is 0.352 e. The first kappa shape index (κ1) is 6.99. The normalized spacial score (nSPS) is 12.8. The molecule has 13 heavy (non-hydrogen) atoms. The van der Waals surface area contributed by atoms with Crippen LogP contribution in [0.1, 0.15) is 0 Å². The Bertz CT molecular complexity index is 583. The third kappa shape index (κ3) is 0.824. The fourth-order valence-electron chi connectivity index (χ4n) is 1.36. The zero-order valence-corrected chi connectivity index (χ0v) is 7.36. The van der Waals surface area contributed by atoms with E-state index < -0.39 is 10.8 Å². The number of rotatable bonds is 0. The van der Waals surface area contributed by atoms with Crippen molar-refractivity contribution < 1.29 is 4.55 Å². The Morgan fingerprint density at radius 2 is 2.38 bits per heavy atom. The van der Waals surface area contributed by atoms with Crippen LogP contribution in [-0.4, -0.2) is 18.9 Å². The molecule has 64 valence electrons. The highest BCUT2D eigenvalue weighted by atomic mass is 32.2. The summed E-state index contributed by atoms with van der Waals surface area (Å²) in [6, 6.07) is 3.68. The van der Waals surface area contributed by atoms with E-state index in [0.717, 1.165) is 11.2 Å². The molecule has 3 aromatic heterocycles. The molecule has 0 amide bonds. The summed E-state index contributed by atoms with van der Waals surface area (Å²) < 4.78 is 13.1. The maximum atomic E-state index is 11.3. The van der Waals surface area contributed by atoms with Crippen molar-refractivity contribution in [1.29, 1.82) is 0 Å². The van der Waals surface area contributed by atoms with E-state index in [1.165, 1.54) is 0 Å². The van der Waals surface area contributed by atoms with Gasteiger partial charge >= 0.3 is 4.96 Å². The zero-order chi connectivity index (χ0) is 8.84. The SMILES string of the molecule is [O-][s+]1ccn2c3ncccc3nc21. The molecule has 3 heterocycles.